The van der Waals surface area contributed by atoms with Gasteiger partial charge in [-0.05, 0) is 58.7 Å². The van der Waals surface area contributed by atoms with Crippen LogP contribution < -0.4 is 11.1 Å². The first-order chi connectivity index (χ1) is 9.38. The molecule has 0 aromatic heterocycles. The molecular formula is C14H11Br2ClN2O. The van der Waals surface area contributed by atoms with Crippen molar-refractivity contribution in [3.05, 3.63) is 55.4 Å². The molecule has 0 aliphatic heterocycles. The molecule has 0 unspecified atom stereocenters. The van der Waals surface area contributed by atoms with E-state index in [2.05, 4.69) is 37.2 Å². The summed E-state index contributed by atoms with van der Waals surface area (Å²) in [6.07, 6.45) is 0. The highest BCUT2D eigenvalue weighted by molar-refractivity contribution is 9.11. The van der Waals surface area contributed by atoms with Gasteiger partial charge in [0.2, 0.25) is 0 Å². The number of hydrogen-bond donors (Lipinski definition) is 2. The number of nitrogens with two attached hydrogens (primary N) is 1. The molecule has 104 valence electrons. The molecule has 2 aromatic rings. The third-order valence-electron chi connectivity index (χ3n) is 2.77. The molecule has 20 heavy (non-hydrogen) atoms. The fourth-order valence-electron chi connectivity index (χ4n) is 1.70. The van der Waals surface area contributed by atoms with E-state index in [0.29, 0.717) is 26.4 Å². The van der Waals surface area contributed by atoms with Gasteiger partial charge in [0.25, 0.3) is 5.91 Å². The minimum Gasteiger partial charge on any atom is -0.398 e. The smallest absolute Gasteiger partial charge is 0.256 e. The van der Waals surface area contributed by atoms with Crippen LogP contribution in [0.5, 0.6) is 0 Å². The average molecular weight is 419 g/mol. The topological polar surface area (TPSA) is 55.1 Å². The molecule has 1 amide bonds. The van der Waals surface area contributed by atoms with E-state index in [4.69, 9.17) is 17.3 Å². The van der Waals surface area contributed by atoms with Crippen molar-refractivity contribution in [1.29, 1.82) is 0 Å². The molecule has 0 aliphatic carbocycles. The number of carbonyl (C=O) groups is 1. The standard InChI is InChI=1S/C14H11Br2ClN2O/c1-7-4-12(18)11(17)6-13(7)19-14(20)9-3-2-8(15)5-10(9)16/h2-6H,18H2,1H3,(H,19,20). The van der Waals surface area contributed by atoms with E-state index in [1.807, 2.05) is 19.1 Å². The molecule has 0 heterocycles. The maximum atomic E-state index is 12.3. The van der Waals surface area contributed by atoms with Gasteiger partial charge in [-0.15, -0.1) is 0 Å². The van der Waals surface area contributed by atoms with E-state index in [1.54, 1.807) is 18.2 Å². The van der Waals surface area contributed by atoms with Gasteiger partial charge < -0.3 is 11.1 Å². The Labute approximate surface area is 138 Å². The maximum Gasteiger partial charge on any atom is 0.256 e. The van der Waals surface area contributed by atoms with Gasteiger partial charge >= 0.3 is 0 Å². The van der Waals surface area contributed by atoms with Crippen molar-refractivity contribution in [2.75, 3.05) is 11.1 Å². The number of aryl methyl sites for hydroxylation is 1. The van der Waals surface area contributed by atoms with Crippen LogP contribution in [-0.2, 0) is 0 Å². The molecule has 0 saturated heterocycles. The van der Waals surface area contributed by atoms with Crippen LogP contribution in [0.15, 0.2) is 39.3 Å². The average Bonchev–Trinajstić information content (AvgIpc) is 2.35. The van der Waals surface area contributed by atoms with Crippen LogP contribution in [0.3, 0.4) is 0 Å². The normalized spacial score (nSPS) is 10.4. The Balaban J connectivity index is 2.30. The Morgan fingerprint density at radius 1 is 1.25 bits per heavy atom. The molecule has 2 rings (SSSR count). The van der Waals surface area contributed by atoms with Crippen LogP contribution in [0.2, 0.25) is 5.02 Å². The van der Waals surface area contributed by atoms with Gasteiger partial charge in [-0.1, -0.05) is 27.5 Å². The largest absolute Gasteiger partial charge is 0.398 e. The summed E-state index contributed by atoms with van der Waals surface area (Å²) in [6, 6.07) is 8.74. The van der Waals surface area contributed by atoms with Gasteiger partial charge in [0.1, 0.15) is 0 Å². The first-order valence-corrected chi connectivity index (χ1v) is 7.67. The second-order valence-corrected chi connectivity index (χ2v) is 6.44. The highest BCUT2D eigenvalue weighted by Crippen LogP contribution is 2.28. The van der Waals surface area contributed by atoms with Crippen molar-refractivity contribution < 1.29 is 4.79 Å². The molecule has 2 aromatic carbocycles. The van der Waals surface area contributed by atoms with Crippen molar-refractivity contribution in [3.63, 3.8) is 0 Å². The molecule has 6 heteroatoms. The van der Waals surface area contributed by atoms with Crippen LogP contribution in [0.1, 0.15) is 15.9 Å². The molecule has 3 nitrogen and oxygen atoms in total. The number of rotatable bonds is 2. The Bertz CT molecular complexity index is 689. The zero-order valence-corrected chi connectivity index (χ0v) is 14.4. The third-order valence-corrected chi connectivity index (χ3v) is 4.24. The minimum absolute atomic E-state index is 0.215. The molecule has 3 N–H and O–H groups in total. The maximum absolute atomic E-state index is 12.3. The molecular weight excluding hydrogens is 407 g/mol. The monoisotopic (exact) mass is 416 g/mol. The zero-order chi connectivity index (χ0) is 14.9. The van der Waals surface area contributed by atoms with Crippen molar-refractivity contribution in [2.45, 2.75) is 6.92 Å². The summed E-state index contributed by atoms with van der Waals surface area (Å²) in [7, 11) is 0. The number of anilines is 2. The van der Waals surface area contributed by atoms with Crippen molar-refractivity contribution in [3.8, 4) is 0 Å². The molecule has 0 bridgehead atoms. The highest BCUT2D eigenvalue weighted by Gasteiger charge is 2.12. The molecule has 0 aliphatic rings. The van der Waals surface area contributed by atoms with Crippen LogP contribution in [0.4, 0.5) is 11.4 Å². The second-order valence-electron chi connectivity index (χ2n) is 4.27. The van der Waals surface area contributed by atoms with Gasteiger partial charge in [0.15, 0.2) is 0 Å². The predicted octanol–water partition coefficient (Wildman–Crippen LogP) is 5.01. The van der Waals surface area contributed by atoms with Gasteiger partial charge in [0, 0.05) is 14.6 Å². The van der Waals surface area contributed by atoms with Crippen LogP contribution in [0.25, 0.3) is 0 Å². The lowest BCUT2D eigenvalue weighted by atomic mass is 10.1. The summed E-state index contributed by atoms with van der Waals surface area (Å²) >= 11 is 12.7. The molecule has 0 spiro atoms. The summed E-state index contributed by atoms with van der Waals surface area (Å²) in [6.45, 7) is 1.86. The van der Waals surface area contributed by atoms with E-state index in [0.717, 1.165) is 10.0 Å². The SMILES string of the molecule is Cc1cc(N)c(Cl)cc1NC(=O)c1ccc(Br)cc1Br. The fraction of sp³-hybridized carbons (Fsp3) is 0.0714. The zero-order valence-electron chi connectivity index (χ0n) is 10.5. The first kappa shape index (κ1) is 15.4. The third kappa shape index (κ3) is 3.34. The lowest BCUT2D eigenvalue weighted by molar-refractivity contribution is 0.102. The van der Waals surface area contributed by atoms with Gasteiger partial charge in [-0.2, -0.15) is 0 Å². The van der Waals surface area contributed by atoms with Crippen molar-refractivity contribution in [1.82, 2.24) is 0 Å². The van der Waals surface area contributed by atoms with Gasteiger partial charge in [0.05, 0.1) is 16.3 Å². The number of benzene rings is 2. The lowest BCUT2D eigenvalue weighted by Gasteiger charge is -2.11. The highest BCUT2D eigenvalue weighted by atomic mass is 79.9. The Kier molecular flexibility index (Phi) is 4.73. The molecule has 0 radical (unpaired) electrons. The Morgan fingerprint density at radius 2 is 1.95 bits per heavy atom. The summed E-state index contributed by atoms with van der Waals surface area (Å²) in [4.78, 5) is 12.3. The number of hydrogen-bond acceptors (Lipinski definition) is 2. The Morgan fingerprint density at radius 3 is 2.60 bits per heavy atom. The second kappa shape index (κ2) is 6.16. The number of nitrogen functional groups attached to an aromatic ring is 1. The van der Waals surface area contributed by atoms with Gasteiger partial charge in [-0.3, -0.25) is 4.79 Å². The number of amides is 1. The van der Waals surface area contributed by atoms with E-state index in [-0.39, 0.29) is 5.91 Å². The summed E-state index contributed by atoms with van der Waals surface area (Å²) in [5, 5.41) is 3.25. The lowest BCUT2D eigenvalue weighted by Crippen LogP contribution is -2.13. The number of halogens is 3. The number of nitrogens with one attached hydrogen (secondary N) is 1. The van der Waals surface area contributed by atoms with Crippen LogP contribution in [-0.4, -0.2) is 5.91 Å². The number of carbonyl (C=O) groups excluding carboxylic acids is 1. The fourth-order valence-corrected chi connectivity index (χ4v) is 3.09. The van der Waals surface area contributed by atoms with Crippen LogP contribution in [0, 0.1) is 6.92 Å². The predicted molar refractivity (Wildman–Crippen MR) is 90.4 cm³/mol. The Hall–Kier alpha value is -1.04. The minimum atomic E-state index is -0.215. The van der Waals surface area contributed by atoms with E-state index in [9.17, 15) is 4.79 Å². The summed E-state index contributed by atoms with van der Waals surface area (Å²) in [5.41, 5.74) is 8.25. The van der Waals surface area contributed by atoms with Gasteiger partial charge in [-0.25, -0.2) is 0 Å². The molecule has 0 saturated carbocycles. The van der Waals surface area contributed by atoms with E-state index in [1.165, 1.54) is 0 Å². The summed E-state index contributed by atoms with van der Waals surface area (Å²) in [5.74, 6) is -0.215. The first-order valence-electron chi connectivity index (χ1n) is 5.70. The van der Waals surface area contributed by atoms with Crippen molar-refractivity contribution in [2.24, 2.45) is 0 Å². The van der Waals surface area contributed by atoms with Crippen LogP contribution >= 0.6 is 43.5 Å². The molecule has 0 atom stereocenters. The quantitative estimate of drug-likeness (QED) is 0.674. The van der Waals surface area contributed by atoms with Crippen molar-refractivity contribution >= 4 is 60.7 Å². The van der Waals surface area contributed by atoms with E-state index >= 15 is 0 Å². The van der Waals surface area contributed by atoms with E-state index < -0.39 is 0 Å². The summed E-state index contributed by atoms with van der Waals surface area (Å²) < 4.78 is 1.61. The molecule has 0 fully saturated rings.